The summed E-state index contributed by atoms with van der Waals surface area (Å²) < 4.78 is 25.9. The highest BCUT2D eigenvalue weighted by molar-refractivity contribution is 7.17. The Morgan fingerprint density at radius 2 is 1.26 bits per heavy atom. The van der Waals surface area contributed by atoms with Crippen LogP contribution in [0.15, 0.2) is 0 Å². The third-order valence-corrected chi connectivity index (χ3v) is 5.37. The Hall–Kier alpha value is -1.04. The van der Waals surface area contributed by atoms with Crippen LogP contribution in [-0.2, 0) is 28.2 Å². The van der Waals surface area contributed by atoms with Crippen molar-refractivity contribution < 1.29 is 28.2 Å². The second kappa shape index (κ2) is 23.6. The molecule has 0 fully saturated rings. The molecule has 0 rings (SSSR count). The van der Waals surface area contributed by atoms with Gasteiger partial charge < -0.3 is 15.2 Å². The van der Waals surface area contributed by atoms with Gasteiger partial charge in [-0.3, -0.25) is 14.1 Å². The van der Waals surface area contributed by atoms with Gasteiger partial charge in [0.2, 0.25) is 0 Å². The van der Waals surface area contributed by atoms with E-state index in [1.165, 1.54) is 44.9 Å². The molecule has 0 aromatic carbocycles. The quantitative estimate of drug-likeness (QED) is 0.115. The maximum Gasteiger partial charge on any atom is 0.327 e. The molecule has 0 aromatic rings. The lowest BCUT2D eigenvalue weighted by Gasteiger charge is -2.16. The largest absolute Gasteiger partial charge is 0.462 e. The molecule has 0 radical (unpaired) electrons. The molecule has 7 nitrogen and oxygen atoms in total. The maximum absolute atomic E-state index is 12.0. The van der Waals surface area contributed by atoms with E-state index in [0.717, 1.165) is 51.5 Å². The second-order valence-electron chi connectivity index (χ2n) is 8.05. The van der Waals surface area contributed by atoms with Crippen LogP contribution in [0.3, 0.4) is 0 Å². The van der Waals surface area contributed by atoms with E-state index in [1.54, 1.807) is 0 Å². The van der Waals surface area contributed by atoms with E-state index in [-0.39, 0.29) is 25.2 Å². The third kappa shape index (κ3) is 22.0. The van der Waals surface area contributed by atoms with Gasteiger partial charge in [0, 0.05) is 12.8 Å². The number of carbonyl (C=O) groups is 2. The molecule has 8 heteroatoms. The molecule has 0 saturated heterocycles. The Balaban J connectivity index is 3.88. The standard InChI is InChI=1S/C23H44NO6P/c1-2-3-4-5-10-14-17-23(26)30-21(20-29-31-27)19-28-22(25)16-13-11-8-6-7-9-12-15-18-24/h21H,2-20,24H2,1H3/t21-/m0/s1. The fraction of sp³-hybridized carbons (Fsp3) is 0.913. The molecular formula is C23H44NO6P. The van der Waals surface area contributed by atoms with E-state index in [1.807, 2.05) is 0 Å². The predicted octanol–water partition coefficient (Wildman–Crippen LogP) is 5.88. The van der Waals surface area contributed by atoms with E-state index in [0.29, 0.717) is 12.8 Å². The van der Waals surface area contributed by atoms with Crippen molar-refractivity contribution in [3.05, 3.63) is 0 Å². The lowest BCUT2D eigenvalue weighted by Crippen LogP contribution is -2.28. The normalized spacial score (nSPS) is 12.1. The molecule has 0 spiro atoms. The monoisotopic (exact) mass is 461 g/mol. The van der Waals surface area contributed by atoms with Crippen LogP contribution in [-0.4, -0.2) is 37.8 Å². The summed E-state index contributed by atoms with van der Waals surface area (Å²) >= 11 is 0. The molecule has 182 valence electrons. The van der Waals surface area contributed by atoms with Crippen LogP contribution < -0.4 is 5.73 Å². The zero-order chi connectivity index (χ0) is 23.0. The first-order valence-corrected chi connectivity index (χ1v) is 12.9. The van der Waals surface area contributed by atoms with Crippen LogP contribution in [0, 0.1) is 0 Å². The van der Waals surface area contributed by atoms with Crippen LogP contribution in [0.2, 0.25) is 0 Å². The molecule has 0 aliphatic carbocycles. The average Bonchev–Trinajstić information content (AvgIpc) is 2.76. The van der Waals surface area contributed by atoms with Gasteiger partial charge in [-0.2, -0.15) is 0 Å². The van der Waals surface area contributed by atoms with E-state index >= 15 is 0 Å². The molecule has 0 heterocycles. The van der Waals surface area contributed by atoms with Gasteiger partial charge in [-0.15, -0.1) is 0 Å². The molecule has 31 heavy (non-hydrogen) atoms. The molecule has 0 unspecified atom stereocenters. The highest BCUT2D eigenvalue weighted by atomic mass is 31.1. The number of rotatable bonds is 23. The van der Waals surface area contributed by atoms with Gasteiger partial charge in [0.1, 0.15) is 13.2 Å². The number of hydrogen-bond donors (Lipinski definition) is 1. The minimum absolute atomic E-state index is 0.0648. The molecule has 0 bridgehead atoms. The first-order valence-electron chi connectivity index (χ1n) is 12.1. The molecule has 1 atom stereocenters. The summed E-state index contributed by atoms with van der Waals surface area (Å²) in [5.41, 5.74) is 5.48. The van der Waals surface area contributed by atoms with Crippen LogP contribution in [0.1, 0.15) is 110 Å². The van der Waals surface area contributed by atoms with E-state index < -0.39 is 14.8 Å². The SMILES string of the molecule is CCCCCCCCC(=O)O[C@H](COP=O)COC(=O)CCCCCCCCCCN. The molecule has 0 aliphatic heterocycles. The second-order valence-corrected chi connectivity index (χ2v) is 8.46. The van der Waals surface area contributed by atoms with Crippen molar-refractivity contribution in [3.63, 3.8) is 0 Å². The van der Waals surface area contributed by atoms with Crippen molar-refractivity contribution in [1.82, 2.24) is 0 Å². The summed E-state index contributed by atoms with van der Waals surface area (Å²) in [6.07, 6.45) is 15.3. The smallest absolute Gasteiger partial charge is 0.327 e. The molecule has 0 aliphatic rings. The summed E-state index contributed by atoms with van der Waals surface area (Å²) in [6.45, 7) is 2.80. The average molecular weight is 462 g/mol. The summed E-state index contributed by atoms with van der Waals surface area (Å²) in [5.74, 6) is -0.645. The fourth-order valence-electron chi connectivity index (χ4n) is 3.26. The topological polar surface area (TPSA) is 105 Å². The first-order chi connectivity index (χ1) is 15.1. The minimum Gasteiger partial charge on any atom is -0.462 e. The molecule has 0 aromatic heterocycles. The van der Waals surface area contributed by atoms with Gasteiger partial charge in [-0.25, -0.2) is 4.57 Å². The zero-order valence-corrected chi connectivity index (χ0v) is 20.4. The number of carbonyl (C=O) groups excluding carboxylic acids is 2. The first kappa shape index (κ1) is 30.0. The summed E-state index contributed by atoms with van der Waals surface area (Å²) in [5, 5.41) is 0. The van der Waals surface area contributed by atoms with Crippen LogP contribution in [0.4, 0.5) is 0 Å². The number of hydrogen-bond acceptors (Lipinski definition) is 7. The highest BCUT2D eigenvalue weighted by Gasteiger charge is 2.17. The third-order valence-electron chi connectivity index (χ3n) is 5.11. The van der Waals surface area contributed by atoms with Gasteiger partial charge in [0.15, 0.2) is 6.10 Å². The van der Waals surface area contributed by atoms with Crippen molar-refractivity contribution >= 4 is 20.6 Å². The lowest BCUT2D eigenvalue weighted by atomic mass is 10.1. The Morgan fingerprint density at radius 3 is 1.81 bits per heavy atom. The number of esters is 2. The Kier molecular flexibility index (Phi) is 22.8. The van der Waals surface area contributed by atoms with Crippen molar-refractivity contribution in [2.24, 2.45) is 5.73 Å². The van der Waals surface area contributed by atoms with Crippen LogP contribution >= 0.6 is 8.69 Å². The molecule has 0 saturated carbocycles. The van der Waals surface area contributed by atoms with Crippen molar-refractivity contribution in [1.29, 1.82) is 0 Å². The van der Waals surface area contributed by atoms with E-state index in [2.05, 4.69) is 6.92 Å². The van der Waals surface area contributed by atoms with E-state index in [4.69, 9.17) is 19.7 Å². The van der Waals surface area contributed by atoms with Gasteiger partial charge >= 0.3 is 20.6 Å². The summed E-state index contributed by atoms with van der Waals surface area (Å²) in [6, 6.07) is 0. The van der Waals surface area contributed by atoms with E-state index in [9.17, 15) is 14.2 Å². The Bertz CT molecular complexity index is 450. The Labute approximate surface area is 190 Å². The maximum atomic E-state index is 12.0. The van der Waals surface area contributed by atoms with Crippen molar-refractivity contribution in [2.45, 2.75) is 116 Å². The minimum atomic E-state index is -0.730. The molecular weight excluding hydrogens is 417 g/mol. The van der Waals surface area contributed by atoms with Crippen molar-refractivity contribution in [2.75, 3.05) is 19.8 Å². The highest BCUT2D eigenvalue weighted by Crippen LogP contribution is 2.11. The summed E-state index contributed by atoms with van der Waals surface area (Å²) in [4.78, 5) is 23.9. The lowest BCUT2D eigenvalue weighted by molar-refractivity contribution is -0.160. The van der Waals surface area contributed by atoms with Gasteiger partial charge in [-0.1, -0.05) is 77.6 Å². The molecule has 2 N–H and O–H groups in total. The molecule has 0 amide bonds. The van der Waals surface area contributed by atoms with Crippen molar-refractivity contribution in [3.8, 4) is 0 Å². The number of unbranched alkanes of at least 4 members (excludes halogenated alkanes) is 12. The predicted molar refractivity (Wildman–Crippen MR) is 123 cm³/mol. The zero-order valence-electron chi connectivity index (χ0n) is 19.5. The van der Waals surface area contributed by atoms with Gasteiger partial charge in [0.25, 0.3) is 0 Å². The fourth-order valence-corrected chi connectivity index (χ4v) is 3.48. The van der Waals surface area contributed by atoms with Gasteiger partial charge in [0.05, 0.1) is 0 Å². The Morgan fingerprint density at radius 1 is 0.742 bits per heavy atom. The number of nitrogens with two attached hydrogens (primary N) is 1. The van der Waals surface area contributed by atoms with Crippen LogP contribution in [0.5, 0.6) is 0 Å². The number of ether oxygens (including phenoxy) is 2. The van der Waals surface area contributed by atoms with Crippen LogP contribution in [0.25, 0.3) is 0 Å². The summed E-state index contributed by atoms with van der Waals surface area (Å²) in [7, 11) is -0.491. The van der Waals surface area contributed by atoms with Gasteiger partial charge in [-0.05, 0) is 25.8 Å².